The zero-order valence-corrected chi connectivity index (χ0v) is 9.72. The van der Waals surface area contributed by atoms with Crippen LogP contribution in [0.1, 0.15) is 44.5 Å². The number of rotatable bonds is 6. The molecule has 1 aliphatic rings. The molecule has 90 valence electrons. The zero-order chi connectivity index (χ0) is 11.5. The molecule has 5 heteroatoms. The quantitative estimate of drug-likeness (QED) is 0.795. The molecular weight excluding hydrogens is 208 g/mol. The average Bonchev–Trinajstić information content (AvgIpc) is 2.96. The molecular formula is C11H18N2O3. The third-order valence-corrected chi connectivity index (χ3v) is 2.60. The van der Waals surface area contributed by atoms with Gasteiger partial charge in [-0.1, -0.05) is 5.16 Å². The summed E-state index contributed by atoms with van der Waals surface area (Å²) in [6.45, 7) is 4.32. The maximum absolute atomic E-state index is 9.22. The first-order chi connectivity index (χ1) is 7.70. The number of ether oxygens (including phenoxy) is 1. The fourth-order valence-electron chi connectivity index (χ4n) is 1.72. The van der Waals surface area contributed by atoms with Gasteiger partial charge in [0, 0.05) is 6.61 Å². The van der Waals surface area contributed by atoms with Crippen LogP contribution in [0.4, 0.5) is 0 Å². The largest absolute Gasteiger partial charge is 0.393 e. The van der Waals surface area contributed by atoms with Gasteiger partial charge in [0.2, 0.25) is 11.7 Å². The Morgan fingerprint density at radius 2 is 2.31 bits per heavy atom. The Bertz CT molecular complexity index is 334. The lowest BCUT2D eigenvalue weighted by Crippen LogP contribution is -2.09. The summed E-state index contributed by atoms with van der Waals surface area (Å²) in [4.78, 5) is 4.27. The Balaban J connectivity index is 2.03. The van der Waals surface area contributed by atoms with Crippen LogP contribution >= 0.6 is 0 Å². The van der Waals surface area contributed by atoms with Crippen LogP contribution in [0.25, 0.3) is 0 Å². The summed E-state index contributed by atoms with van der Waals surface area (Å²) in [7, 11) is 0. The lowest BCUT2D eigenvalue weighted by molar-refractivity contribution is 0.0384. The van der Waals surface area contributed by atoms with E-state index < -0.39 is 6.10 Å². The van der Waals surface area contributed by atoms with Crippen LogP contribution in [-0.4, -0.2) is 28.0 Å². The van der Waals surface area contributed by atoms with Crippen molar-refractivity contribution in [1.29, 1.82) is 0 Å². The highest BCUT2D eigenvalue weighted by atomic mass is 16.5. The van der Waals surface area contributed by atoms with Gasteiger partial charge in [-0.2, -0.15) is 4.98 Å². The van der Waals surface area contributed by atoms with Crippen molar-refractivity contribution in [3.8, 4) is 0 Å². The molecule has 0 amide bonds. The van der Waals surface area contributed by atoms with E-state index in [2.05, 4.69) is 10.1 Å². The highest BCUT2D eigenvalue weighted by Gasteiger charge is 2.36. The fourth-order valence-corrected chi connectivity index (χ4v) is 1.72. The minimum Gasteiger partial charge on any atom is -0.393 e. The molecule has 1 aromatic rings. The summed E-state index contributed by atoms with van der Waals surface area (Å²) in [6.07, 6.45) is 2.25. The van der Waals surface area contributed by atoms with Gasteiger partial charge in [-0.25, -0.2) is 0 Å². The van der Waals surface area contributed by atoms with Crippen LogP contribution in [0.5, 0.6) is 0 Å². The van der Waals surface area contributed by atoms with E-state index >= 15 is 0 Å². The van der Waals surface area contributed by atoms with Crippen LogP contribution in [0.2, 0.25) is 0 Å². The first kappa shape index (κ1) is 11.5. The Kier molecular flexibility index (Phi) is 3.56. The first-order valence-corrected chi connectivity index (χ1v) is 5.82. The van der Waals surface area contributed by atoms with E-state index in [0.717, 1.165) is 0 Å². The molecule has 2 rings (SSSR count). The Labute approximate surface area is 94.8 Å². The van der Waals surface area contributed by atoms with Crippen LogP contribution < -0.4 is 0 Å². The topological polar surface area (TPSA) is 68.4 Å². The summed E-state index contributed by atoms with van der Waals surface area (Å²) < 4.78 is 10.7. The standard InChI is InChI=1S/C11H18N2O3/c1-3-15-10(8-4-5-8)11-12-9(16-13-11)6-7(2)14/h7-8,10,14H,3-6H2,1-2H3. The molecule has 1 aliphatic carbocycles. The predicted molar refractivity (Wildman–Crippen MR) is 56.8 cm³/mol. The van der Waals surface area contributed by atoms with E-state index in [4.69, 9.17) is 9.26 Å². The van der Waals surface area contributed by atoms with Crippen molar-refractivity contribution < 1.29 is 14.4 Å². The number of hydrogen-bond acceptors (Lipinski definition) is 5. The molecule has 2 atom stereocenters. The Morgan fingerprint density at radius 1 is 1.56 bits per heavy atom. The first-order valence-electron chi connectivity index (χ1n) is 5.82. The Morgan fingerprint density at radius 3 is 2.88 bits per heavy atom. The van der Waals surface area contributed by atoms with Crippen molar-refractivity contribution in [2.24, 2.45) is 5.92 Å². The third kappa shape index (κ3) is 2.80. The lowest BCUT2D eigenvalue weighted by Gasteiger charge is -2.11. The molecule has 0 spiro atoms. The highest BCUT2D eigenvalue weighted by Crippen LogP contribution is 2.42. The number of aliphatic hydroxyl groups excluding tert-OH is 1. The normalized spacial score (nSPS) is 19.7. The maximum Gasteiger partial charge on any atom is 0.229 e. The second-order valence-corrected chi connectivity index (χ2v) is 4.31. The van der Waals surface area contributed by atoms with E-state index in [9.17, 15) is 5.11 Å². The van der Waals surface area contributed by atoms with Crippen LogP contribution in [0, 0.1) is 5.92 Å². The van der Waals surface area contributed by atoms with Crippen LogP contribution in [0.3, 0.4) is 0 Å². The Hall–Kier alpha value is -0.940. The monoisotopic (exact) mass is 226 g/mol. The van der Waals surface area contributed by atoms with Gasteiger partial charge in [-0.3, -0.25) is 0 Å². The fraction of sp³-hybridized carbons (Fsp3) is 0.818. The number of nitrogens with zero attached hydrogens (tertiary/aromatic N) is 2. The van der Waals surface area contributed by atoms with Crippen molar-refractivity contribution in [1.82, 2.24) is 10.1 Å². The molecule has 0 aromatic carbocycles. The summed E-state index contributed by atoms with van der Waals surface area (Å²) in [5, 5.41) is 13.1. The summed E-state index contributed by atoms with van der Waals surface area (Å²) in [5.74, 6) is 1.65. The van der Waals surface area contributed by atoms with E-state index in [1.54, 1.807) is 6.92 Å². The molecule has 0 radical (unpaired) electrons. The second kappa shape index (κ2) is 4.93. The molecule has 0 aliphatic heterocycles. The molecule has 0 bridgehead atoms. The van der Waals surface area contributed by atoms with Gasteiger partial charge in [0.15, 0.2) is 0 Å². The van der Waals surface area contributed by atoms with Crippen molar-refractivity contribution in [2.75, 3.05) is 6.61 Å². The van der Waals surface area contributed by atoms with Crippen LogP contribution in [0.15, 0.2) is 4.52 Å². The predicted octanol–water partition coefficient (Wildman–Crippen LogP) is 1.48. The van der Waals surface area contributed by atoms with Crippen LogP contribution in [-0.2, 0) is 11.2 Å². The van der Waals surface area contributed by atoms with Gasteiger partial charge in [-0.15, -0.1) is 0 Å². The SMILES string of the molecule is CCOC(c1noc(CC(C)O)n1)C1CC1. The highest BCUT2D eigenvalue weighted by molar-refractivity contribution is 4.98. The van der Waals surface area contributed by atoms with Gasteiger partial charge >= 0.3 is 0 Å². The lowest BCUT2D eigenvalue weighted by atomic mass is 10.2. The molecule has 1 N–H and O–H groups in total. The van der Waals surface area contributed by atoms with Crippen molar-refractivity contribution in [3.05, 3.63) is 11.7 Å². The van der Waals surface area contributed by atoms with Gasteiger partial charge in [-0.05, 0) is 32.6 Å². The molecule has 1 saturated carbocycles. The molecule has 0 saturated heterocycles. The molecule has 16 heavy (non-hydrogen) atoms. The van der Waals surface area contributed by atoms with Crippen molar-refractivity contribution >= 4 is 0 Å². The van der Waals surface area contributed by atoms with E-state index in [-0.39, 0.29) is 6.10 Å². The third-order valence-electron chi connectivity index (χ3n) is 2.60. The number of aliphatic hydroxyl groups is 1. The van der Waals surface area contributed by atoms with Gasteiger partial charge in [0.25, 0.3) is 0 Å². The molecule has 1 aromatic heterocycles. The van der Waals surface area contributed by atoms with Gasteiger partial charge < -0.3 is 14.4 Å². The van der Waals surface area contributed by atoms with E-state index in [1.165, 1.54) is 12.8 Å². The van der Waals surface area contributed by atoms with Gasteiger partial charge in [0.1, 0.15) is 6.10 Å². The number of hydrogen-bond donors (Lipinski definition) is 1. The van der Waals surface area contributed by atoms with Crippen molar-refractivity contribution in [3.63, 3.8) is 0 Å². The van der Waals surface area contributed by atoms with Crippen molar-refractivity contribution in [2.45, 2.75) is 45.3 Å². The maximum atomic E-state index is 9.22. The molecule has 1 heterocycles. The minimum absolute atomic E-state index is 0.0310. The summed E-state index contributed by atoms with van der Waals surface area (Å²) in [5.41, 5.74) is 0. The molecule has 2 unspecified atom stereocenters. The minimum atomic E-state index is -0.459. The molecule has 1 fully saturated rings. The zero-order valence-electron chi connectivity index (χ0n) is 9.72. The second-order valence-electron chi connectivity index (χ2n) is 4.31. The summed E-state index contributed by atoms with van der Waals surface area (Å²) >= 11 is 0. The molecule has 5 nitrogen and oxygen atoms in total. The number of aromatic nitrogens is 2. The van der Waals surface area contributed by atoms with E-state index in [1.807, 2.05) is 6.92 Å². The smallest absolute Gasteiger partial charge is 0.229 e. The average molecular weight is 226 g/mol. The van der Waals surface area contributed by atoms with Gasteiger partial charge in [0.05, 0.1) is 12.5 Å². The summed E-state index contributed by atoms with van der Waals surface area (Å²) in [6, 6.07) is 0. The van der Waals surface area contributed by atoms with E-state index in [0.29, 0.717) is 30.7 Å².